The van der Waals surface area contributed by atoms with E-state index in [1.807, 2.05) is 6.08 Å². The van der Waals surface area contributed by atoms with Crippen molar-refractivity contribution in [2.45, 2.75) is 50.7 Å². The minimum Gasteiger partial charge on any atom is -0.384 e. The zero-order chi connectivity index (χ0) is 10.0. The number of nitrogens with one attached hydrogen (secondary N) is 1. The lowest BCUT2D eigenvalue weighted by Gasteiger charge is -2.35. The first-order valence-electron chi connectivity index (χ1n) is 5.90. The molecule has 1 saturated heterocycles. The van der Waals surface area contributed by atoms with Crippen LogP contribution in [0.1, 0.15) is 39.0 Å². The van der Waals surface area contributed by atoms with Crippen LogP contribution in [0.25, 0.3) is 0 Å². The first-order chi connectivity index (χ1) is 6.74. The molecule has 0 saturated carbocycles. The number of rotatable bonds is 2. The smallest absolute Gasteiger partial charge is 0.0980 e. The van der Waals surface area contributed by atoms with Crippen molar-refractivity contribution in [2.75, 3.05) is 6.54 Å². The van der Waals surface area contributed by atoms with Gasteiger partial charge in [0.25, 0.3) is 0 Å². The average molecular weight is 195 g/mol. The van der Waals surface area contributed by atoms with Gasteiger partial charge in [-0.05, 0) is 44.6 Å². The molecule has 1 aliphatic carbocycles. The fraction of sp³-hybridized carbons (Fsp3) is 0.833. The van der Waals surface area contributed by atoms with Gasteiger partial charge < -0.3 is 10.4 Å². The number of hydrogen-bond donors (Lipinski definition) is 2. The number of allylic oxidation sites excluding steroid dienone is 1. The Labute approximate surface area is 86.4 Å². The van der Waals surface area contributed by atoms with Crippen molar-refractivity contribution in [2.24, 2.45) is 5.92 Å². The van der Waals surface area contributed by atoms with E-state index in [2.05, 4.69) is 18.3 Å². The molecule has 1 heterocycles. The van der Waals surface area contributed by atoms with Crippen LogP contribution in [0, 0.1) is 5.92 Å². The van der Waals surface area contributed by atoms with Crippen LogP contribution in [0.3, 0.4) is 0 Å². The summed E-state index contributed by atoms with van der Waals surface area (Å²) < 4.78 is 0. The highest BCUT2D eigenvalue weighted by Gasteiger charge is 2.37. The van der Waals surface area contributed by atoms with Crippen molar-refractivity contribution < 1.29 is 5.11 Å². The van der Waals surface area contributed by atoms with Gasteiger partial charge in [-0.2, -0.15) is 0 Å². The normalized spacial score (nSPS) is 43.0. The van der Waals surface area contributed by atoms with Crippen molar-refractivity contribution >= 4 is 0 Å². The summed E-state index contributed by atoms with van der Waals surface area (Å²) in [7, 11) is 0. The molecule has 0 aromatic rings. The molecule has 1 fully saturated rings. The summed E-state index contributed by atoms with van der Waals surface area (Å²) in [5.41, 5.74) is -0.553. The molecule has 3 unspecified atom stereocenters. The Balaban J connectivity index is 2.02. The predicted molar refractivity (Wildman–Crippen MR) is 58.1 cm³/mol. The highest BCUT2D eigenvalue weighted by molar-refractivity contribution is 5.13. The van der Waals surface area contributed by atoms with Gasteiger partial charge in [-0.1, -0.05) is 19.1 Å². The molecule has 3 atom stereocenters. The highest BCUT2D eigenvalue weighted by atomic mass is 16.3. The maximum absolute atomic E-state index is 10.4. The van der Waals surface area contributed by atoms with Crippen LogP contribution in [0.2, 0.25) is 0 Å². The summed E-state index contributed by atoms with van der Waals surface area (Å²) in [6.07, 6.45) is 9.86. The van der Waals surface area contributed by atoms with Crippen LogP contribution in [0.4, 0.5) is 0 Å². The molecule has 0 spiro atoms. The van der Waals surface area contributed by atoms with Gasteiger partial charge in [0.2, 0.25) is 0 Å². The molecule has 2 N–H and O–H groups in total. The Morgan fingerprint density at radius 3 is 2.86 bits per heavy atom. The van der Waals surface area contributed by atoms with Crippen molar-refractivity contribution in [1.82, 2.24) is 5.32 Å². The van der Waals surface area contributed by atoms with Crippen LogP contribution in [-0.2, 0) is 0 Å². The van der Waals surface area contributed by atoms with Crippen molar-refractivity contribution in [3.8, 4) is 0 Å². The van der Waals surface area contributed by atoms with Gasteiger partial charge in [-0.25, -0.2) is 0 Å². The van der Waals surface area contributed by atoms with Gasteiger partial charge in [0.15, 0.2) is 0 Å². The minimum absolute atomic E-state index is 0.302. The van der Waals surface area contributed by atoms with Gasteiger partial charge in [0, 0.05) is 6.04 Å². The van der Waals surface area contributed by atoms with E-state index in [0.29, 0.717) is 12.0 Å². The van der Waals surface area contributed by atoms with Crippen molar-refractivity contribution in [3.05, 3.63) is 12.2 Å². The van der Waals surface area contributed by atoms with E-state index in [0.717, 1.165) is 25.8 Å². The lowest BCUT2D eigenvalue weighted by atomic mass is 9.79. The summed E-state index contributed by atoms with van der Waals surface area (Å²) in [4.78, 5) is 0. The molecular weight excluding hydrogens is 174 g/mol. The molecule has 2 heteroatoms. The molecule has 0 amide bonds. The summed E-state index contributed by atoms with van der Waals surface area (Å²) >= 11 is 0. The molecule has 0 radical (unpaired) electrons. The Bertz CT molecular complexity index is 220. The summed E-state index contributed by atoms with van der Waals surface area (Å²) in [6.45, 7) is 3.28. The second-order valence-electron chi connectivity index (χ2n) is 4.71. The zero-order valence-corrected chi connectivity index (χ0v) is 9.00. The largest absolute Gasteiger partial charge is 0.384 e. The quantitative estimate of drug-likeness (QED) is 0.659. The Morgan fingerprint density at radius 1 is 1.50 bits per heavy atom. The van der Waals surface area contributed by atoms with E-state index in [1.165, 1.54) is 12.8 Å². The summed E-state index contributed by atoms with van der Waals surface area (Å²) in [5, 5.41) is 13.8. The fourth-order valence-corrected chi connectivity index (χ4v) is 2.64. The monoisotopic (exact) mass is 195 g/mol. The zero-order valence-electron chi connectivity index (χ0n) is 9.00. The van der Waals surface area contributed by atoms with E-state index < -0.39 is 5.60 Å². The lowest BCUT2D eigenvalue weighted by Crippen LogP contribution is -2.47. The van der Waals surface area contributed by atoms with Crippen molar-refractivity contribution in [1.29, 1.82) is 0 Å². The standard InChI is InChI=1S/C12H21NO/c1-2-10-5-7-12(14,8-6-10)11-4-3-9-13-11/h5,7,10-11,13-14H,2-4,6,8-9H2,1H3. The molecule has 0 aromatic carbocycles. The molecule has 0 bridgehead atoms. The van der Waals surface area contributed by atoms with E-state index in [4.69, 9.17) is 0 Å². The molecule has 2 aliphatic rings. The third kappa shape index (κ3) is 1.86. The number of hydrogen-bond acceptors (Lipinski definition) is 2. The van der Waals surface area contributed by atoms with Gasteiger partial charge >= 0.3 is 0 Å². The molecule has 2 rings (SSSR count). The maximum atomic E-state index is 10.4. The van der Waals surface area contributed by atoms with E-state index in [-0.39, 0.29) is 0 Å². The number of aliphatic hydroxyl groups is 1. The van der Waals surface area contributed by atoms with E-state index in [9.17, 15) is 5.11 Å². The van der Waals surface area contributed by atoms with E-state index >= 15 is 0 Å². The molecular formula is C12H21NO. The lowest BCUT2D eigenvalue weighted by molar-refractivity contribution is 0.0354. The van der Waals surface area contributed by atoms with Crippen LogP contribution in [0.5, 0.6) is 0 Å². The van der Waals surface area contributed by atoms with Gasteiger partial charge in [0.05, 0.1) is 5.60 Å². The first kappa shape index (κ1) is 10.2. The van der Waals surface area contributed by atoms with Crippen molar-refractivity contribution in [3.63, 3.8) is 0 Å². The Morgan fingerprint density at radius 2 is 2.36 bits per heavy atom. The van der Waals surface area contributed by atoms with Crippen LogP contribution in [0.15, 0.2) is 12.2 Å². The molecule has 0 aromatic heterocycles. The maximum Gasteiger partial charge on any atom is 0.0980 e. The SMILES string of the molecule is CCC1C=CC(O)(C2CCCN2)CC1. The third-order valence-electron chi connectivity index (χ3n) is 3.76. The van der Waals surface area contributed by atoms with E-state index in [1.54, 1.807) is 0 Å². The topological polar surface area (TPSA) is 32.3 Å². The third-order valence-corrected chi connectivity index (χ3v) is 3.76. The van der Waals surface area contributed by atoms with Crippen LogP contribution in [-0.4, -0.2) is 23.3 Å². The fourth-order valence-electron chi connectivity index (χ4n) is 2.64. The molecule has 2 nitrogen and oxygen atoms in total. The first-order valence-corrected chi connectivity index (χ1v) is 5.90. The molecule has 1 aliphatic heterocycles. The van der Waals surface area contributed by atoms with Gasteiger partial charge in [-0.15, -0.1) is 0 Å². The minimum atomic E-state index is -0.553. The Hall–Kier alpha value is -0.340. The predicted octanol–water partition coefficient (Wildman–Crippen LogP) is 1.85. The highest BCUT2D eigenvalue weighted by Crippen LogP contribution is 2.32. The summed E-state index contributed by atoms with van der Waals surface area (Å²) in [6, 6.07) is 0.302. The van der Waals surface area contributed by atoms with Crippen LogP contribution < -0.4 is 5.32 Å². The summed E-state index contributed by atoms with van der Waals surface area (Å²) in [5.74, 6) is 0.691. The second-order valence-corrected chi connectivity index (χ2v) is 4.71. The molecule has 80 valence electrons. The van der Waals surface area contributed by atoms with Crippen LogP contribution >= 0.6 is 0 Å². The molecule has 14 heavy (non-hydrogen) atoms. The average Bonchev–Trinajstić information content (AvgIpc) is 2.72. The Kier molecular flexibility index (Phi) is 2.93. The van der Waals surface area contributed by atoms with Gasteiger partial charge in [0.1, 0.15) is 0 Å². The van der Waals surface area contributed by atoms with Gasteiger partial charge in [-0.3, -0.25) is 0 Å². The second kappa shape index (κ2) is 4.03.